The molecule has 1 aliphatic heterocycles. The Hall–Kier alpha value is -0.940. The van der Waals surface area contributed by atoms with Gasteiger partial charge in [0.15, 0.2) is 0 Å². The number of nitrogens with one attached hydrogen (secondary N) is 1. The molecular weight excluding hydrogens is 242 g/mol. The maximum Gasteiger partial charge on any atom is 0.243 e. The molecule has 19 heavy (non-hydrogen) atoms. The van der Waals surface area contributed by atoms with Crippen LogP contribution in [0.4, 0.5) is 0 Å². The van der Waals surface area contributed by atoms with Crippen molar-refractivity contribution in [3.05, 3.63) is 11.7 Å². The summed E-state index contributed by atoms with van der Waals surface area (Å²) >= 11 is 0. The molecule has 1 saturated heterocycles. The molecule has 106 valence electrons. The number of hydrogen-bond acceptors (Lipinski definition) is 5. The maximum atomic E-state index is 5.76. The molecule has 0 spiro atoms. The summed E-state index contributed by atoms with van der Waals surface area (Å²) < 4.78 is 11.2. The average molecular weight is 265 g/mol. The molecule has 1 N–H and O–H groups in total. The molecule has 1 atom stereocenters. The molecule has 1 aliphatic carbocycles. The van der Waals surface area contributed by atoms with Gasteiger partial charge < -0.3 is 14.6 Å². The van der Waals surface area contributed by atoms with Gasteiger partial charge in [0.05, 0.1) is 6.04 Å². The number of piperidine rings is 1. The van der Waals surface area contributed by atoms with Crippen LogP contribution in [0.15, 0.2) is 4.52 Å². The first kappa shape index (κ1) is 13.1. The van der Waals surface area contributed by atoms with Crippen LogP contribution in [-0.2, 0) is 10.3 Å². The molecular formula is C14H23N3O2. The van der Waals surface area contributed by atoms with Crippen LogP contribution in [-0.4, -0.2) is 23.8 Å². The van der Waals surface area contributed by atoms with Gasteiger partial charge in [-0.3, -0.25) is 0 Å². The largest absolute Gasteiger partial charge is 0.370 e. The molecule has 5 heteroatoms. The van der Waals surface area contributed by atoms with E-state index in [0.29, 0.717) is 0 Å². The molecule has 1 aromatic heterocycles. The number of nitrogens with zero attached hydrogens (tertiary/aromatic N) is 2. The van der Waals surface area contributed by atoms with Crippen molar-refractivity contribution in [3.63, 3.8) is 0 Å². The van der Waals surface area contributed by atoms with Crippen molar-refractivity contribution in [3.8, 4) is 0 Å². The fraction of sp³-hybridized carbons (Fsp3) is 0.857. The number of aromatic nitrogens is 2. The Morgan fingerprint density at radius 1 is 1.21 bits per heavy atom. The molecule has 0 unspecified atom stereocenters. The van der Waals surface area contributed by atoms with Crippen LogP contribution in [0.2, 0.25) is 0 Å². The molecule has 0 amide bonds. The summed E-state index contributed by atoms with van der Waals surface area (Å²) in [5.74, 6) is 1.48. The minimum atomic E-state index is -0.311. The second-order valence-corrected chi connectivity index (χ2v) is 5.72. The van der Waals surface area contributed by atoms with Crippen LogP contribution in [0.1, 0.15) is 69.1 Å². The van der Waals surface area contributed by atoms with E-state index in [9.17, 15) is 0 Å². The fourth-order valence-electron chi connectivity index (χ4n) is 3.27. The van der Waals surface area contributed by atoms with Gasteiger partial charge in [-0.15, -0.1) is 0 Å². The lowest BCUT2D eigenvalue weighted by molar-refractivity contribution is -0.0527. The topological polar surface area (TPSA) is 60.2 Å². The summed E-state index contributed by atoms with van der Waals surface area (Å²) in [7, 11) is 1.76. The van der Waals surface area contributed by atoms with Gasteiger partial charge in [-0.05, 0) is 32.2 Å². The molecule has 0 aromatic carbocycles. The van der Waals surface area contributed by atoms with Crippen LogP contribution in [0, 0.1) is 0 Å². The summed E-state index contributed by atoms with van der Waals surface area (Å²) in [5.41, 5.74) is -0.311. The van der Waals surface area contributed by atoms with E-state index in [1.807, 2.05) is 0 Å². The van der Waals surface area contributed by atoms with E-state index in [1.165, 1.54) is 32.1 Å². The second kappa shape index (κ2) is 5.59. The lowest BCUT2D eigenvalue weighted by Crippen LogP contribution is -2.32. The normalized spacial score (nSPS) is 27.3. The lowest BCUT2D eigenvalue weighted by Gasteiger charge is -2.32. The lowest BCUT2D eigenvalue weighted by atomic mass is 9.84. The quantitative estimate of drug-likeness (QED) is 0.910. The molecule has 2 aliphatic rings. The van der Waals surface area contributed by atoms with Crippen molar-refractivity contribution in [1.82, 2.24) is 15.5 Å². The zero-order valence-corrected chi connectivity index (χ0v) is 11.7. The van der Waals surface area contributed by atoms with Crippen molar-refractivity contribution in [2.24, 2.45) is 0 Å². The van der Waals surface area contributed by atoms with Crippen LogP contribution in [0.25, 0.3) is 0 Å². The zero-order chi connectivity index (χ0) is 13.1. The second-order valence-electron chi connectivity index (χ2n) is 5.72. The Balaban J connectivity index is 1.79. The zero-order valence-electron chi connectivity index (χ0n) is 11.7. The van der Waals surface area contributed by atoms with Gasteiger partial charge in [-0.25, -0.2) is 0 Å². The molecule has 5 nitrogen and oxygen atoms in total. The van der Waals surface area contributed by atoms with Crippen molar-refractivity contribution < 1.29 is 9.26 Å². The van der Waals surface area contributed by atoms with Gasteiger partial charge in [-0.2, -0.15) is 4.98 Å². The Morgan fingerprint density at radius 2 is 2.05 bits per heavy atom. The summed E-state index contributed by atoms with van der Waals surface area (Å²) in [6, 6.07) is 0.229. The van der Waals surface area contributed by atoms with Gasteiger partial charge in [0.25, 0.3) is 0 Å². The third-order valence-corrected chi connectivity index (χ3v) is 4.51. The third kappa shape index (κ3) is 2.54. The molecule has 0 bridgehead atoms. The number of rotatable bonds is 3. The summed E-state index contributed by atoms with van der Waals surface area (Å²) in [6.45, 7) is 1.04. The third-order valence-electron chi connectivity index (χ3n) is 4.51. The SMILES string of the molecule is COC1(c2noc([C@@H]3CCCCN3)n2)CCCCC1. The first-order valence-corrected chi connectivity index (χ1v) is 7.47. The van der Waals surface area contributed by atoms with E-state index >= 15 is 0 Å². The molecule has 2 heterocycles. The van der Waals surface area contributed by atoms with E-state index < -0.39 is 0 Å². The van der Waals surface area contributed by atoms with Crippen LogP contribution in [0.3, 0.4) is 0 Å². The predicted molar refractivity (Wildman–Crippen MR) is 70.7 cm³/mol. The van der Waals surface area contributed by atoms with Crippen molar-refractivity contribution in [1.29, 1.82) is 0 Å². The Kier molecular flexibility index (Phi) is 3.84. The maximum absolute atomic E-state index is 5.76. The fourth-order valence-corrected chi connectivity index (χ4v) is 3.27. The standard InChI is InChI=1S/C14H23N3O2/c1-18-14(8-4-2-5-9-14)13-16-12(19-17-13)11-7-3-6-10-15-11/h11,15H,2-10H2,1H3/t11-/m0/s1. The van der Waals surface area contributed by atoms with Crippen molar-refractivity contribution in [2.45, 2.75) is 63.0 Å². The Labute approximate surface area is 114 Å². The van der Waals surface area contributed by atoms with Crippen molar-refractivity contribution >= 4 is 0 Å². The smallest absolute Gasteiger partial charge is 0.243 e. The first-order chi connectivity index (χ1) is 9.34. The van der Waals surface area contributed by atoms with Gasteiger partial charge in [0.2, 0.25) is 11.7 Å². The highest BCUT2D eigenvalue weighted by atomic mass is 16.5. The Bertz CT molecular complexity index is 407. The van der Waals surface area contributed by atoms with Crippen LogP contribution >= 0.6 is 0 Å². The molecule has 1 saturated carbocycles. The molecule has 3 rings (SSSR count). The minimum Gasteiger partial charge on any atom is -0.370 e. The van der Waals surface area contributed by atoms with E-state index in [0.717, 1.165) is 37.5 Å². The molecule has 2 fully saturated rings. The highest BCUT2D eigenvalue weighted by Gasteiger charge is 2.39. The van der Waals surface area contributed by atoms with Gasteiger partial charge in [0.1, 0.15) is 5.60 Å². The van der Waals surface area contributed by atoms with Gasteiger partial charge in [-0.1, -0.05) is 30.8 Å². The average Bonchev–Trinajstić information content (AvgIpc) is 2.99. The highest BCUT2D eigenvalue weighted by molar-refractivity contribution is 5.05. The summed E-state index contributed by atoms with van der Waals surface area (Å²) in [5, 5.41) is 7.65. The highest BCUT2D eigenvalue weighted by Crippen LogP contribution is 2.39. The minimum absolute atomic E-state index is 0.229. The van der Waals surface area contributed by atoms with E-state index in [1.54, 1.807) is 7.11 Å². The first-order valence-electron chi connectivity index (χ1n) is 7.47. The number of ether oxygens (including phenoxy) is 1. The summed E-state index contributed by atoms with van der Waals surface area (Å²) in [6.07, 6.45) is 9.19. The van der Waals surface area contributed by atoms with Crippen molar-refractivity contribution in [2.75, 3.05) is 13.7 Å². The predicted octanol–water partition coefficient (Wildman–Crippen LogP) is 2.69. The van der Waals surface area contributed by atoms with E-state index in [-0.39, 0.29) is 11.6 Å². The summed E-state index contributed by atoms with van der Waals surface area (Å²) in [4.78, 5) is 4.64. The number of hydrogen-bond donors (Lipinski definition) is 1. The van der Waals surface area contributed by atoms with E-state index in [2.05, 4.69) is 15.5 Å². The van der Waals surface area contributed by atoms with Crippen LogP contribution < -0.4 is 5.32 Å². The van der Waals surface area contributed by atoms with Gasteiger partial charge in [0, 0.05) is 7.11 Å². The monoisotopic (exact) mass is 265 g/mol. The van der Waals surface area contributed by atoms with Gasteiger partial charge >= 0.3 is 0 Å². The Morgan fingerprint density at radius 3 is 2.74 bits per heavy atom. The van der Waals surface area contributed by atoms with E-state index in [4.69, 9.17) is 9.26 Å². The molecule has 1 aromatic rings. The molecule has 0 radical (unpaired) electrons. The number of methoxy groups -OCH3 is 1. The van der Waals surface area contributed by atoms with Crippen LogP contribution in [0.5, 0.6) is 0 Å².